The van der Waals surface area contributed by atoms with Crippen molar-refractivity contribution >= 4 is 0 Å². The van der Waals surface area contributed by atoms with E-state index in [0.29, 0.717) is 0 Å². The number of hydrogen-bond donors (Lipinski definition) is 1. The third-order valence-electron chi connectivity index (χ3n) is 4.07. The largest absolute Gasteiger partial charge is 0.330 e. The molecule has 3 heteroatoms. The maximum atomic E-state index is 4.67. The van der Waals surface area contributed by atoms with Crippen molar-refractivity contribution in [3.63, 3.8) is 0 Å². The van der Waals surface area contributed by atoms with Gasteiger partial charge in [0.2, 0.25) is 0 Å². The number of benzene rings is 1. The van der Waals surface area contributed by atoms with Crippen molar-refractivity contribution in [1.29, 1.82) is 0 Å². The Morgan fingerprint density at radius 2 is 2.05 bits per heavy atom. The molecule has 0 atom stereocenters. The molecule has 3 rings (SSSR count). The minimum absolute atomic E-state index is 0.808. The molecule has 3 nitrogen and oxygen atoms in total. The van der Waals surface area contributed by atoms with Crippen LogP contribution in [0.4, 0.5) is 0 Å². The van der Waals surface area contributed by atoms with Crippen molar-refractivity contribution in [1.82, 2.24) is 14.9 Å². The highest BCUT2D eigenvalue weighted by molar-refractivity contribution is 5.65. The normalized spacial score (nSPS) is 13.8. The number of imidazole rings is 1. The summed E-state index contributed by atoms with van der Waals surface area (Å²) in [5, 5.41) is 3.18. The molecule has 0 spiro atoms. The molecule has 0 aliphatic heterocycles. The summed E-state index contributed by atoms with van der Waals surface area (Å²) in [6, 6.07) is 6.90. The molecule has 100 valence electrons. The maximum Gasteiger partial charge on any atom is 0.123 e. The van der Waals surface area contributed by atoms with Gasteiger partial charge in [-0.25, -0.2) is 4.98 Å². The summed E-state index contributed by atoms with van der Waals surface area (Å²) in [7, 11) is 4.06. The Morgan fingerprint density at radius 1 is 1.26 bits per heavy atom. The molecule has 1 aliphatic carbocycles. The lowest BCUT2D eigenvalue weighted by Gasteiger charge is -2.08. The van der Waals surface area contributed by atoms with Crippen LogP contribution in [0.25, 0.3) is 11.3 Å². The first-order valence-corrected chi connectivity index (χ1v) is 6.99. The van der Waals surface area contributed by atoms with E-state index in [2.05, 4.69) is 47.0 Å². The summed E-state index contributed by atoms with van der Waals surface area (Å²) < 4.78 is 2.21. The summed E-state index contributed by atoms with van der Waals surface area (Å²) in [4.78, 5) is 4.67. The zero-order chi connectivity index (χ0) is 13.4. The third-order valence-corrected chi connectivity index (χ3v) is 4.07. The van der Waals surface area contributed by atoms with Crippen LogP contribution in [0.1, 0.15) is 29.1 Å². The van der Waals surface area contributed by atoms with Crippen molar-refractivity contribution in [3.05, 3.63) is 40.8 Å². The summed E-state index contributed by atoms with van der Waals surface area (Å²) in [5.41, 5.74) is 6.72. The number of fused-ring (bicyclic) bond motifs is 1. The van der Waals surface area contributed by atoms with Gasteiger partial charge in [-0.1, -0.05) is 12.1 Å². The molecule has 0 saturated carbocycles. The van der Waals surface area contributed by atoms with Gasteiger partial charge in [-0.2, -0.15) is 0 Å². The molecular weight excluding hydrogens is 234 g/mol. The zero-order valence-electron chi connectivity index (χ0n) is 12.0. The number of hydrogen-bond acceptors (Lipinski definition) is 2. The number of aromatic nitrogens is 2. The zero-order valence-corrected chi connectivity index (χ0v) is 12.0. The highest BCUT2D eigenvalue weighted by Crippen LogP contribution is 2.30. The smallest absolute Gasteiger partial charge is 0.123 e. The van der Waals surface area contributed by atoms with Gasteiger partial charge in [0.25, 0.3) is 0 Å². The van der Waals surface area contributed by atoms with Gasteiger partial charge in [-0.3, -0.25) is 0 Å². The van der Waals surface area contributed by atoms with Crippen molar-refractivity contribution < 1.29 is 0 Å². The van der Waals surface area contributed by atoms with Crippen LogP contribution >= 0.6 is 0 Å². The number of nitrogens with one attached hydrogen (secondary N) is 1. The number of nitrogens with zero attached hydrogens (tertiary/aromatic N) is 2. The van der Waals surface area contributed by atoms with Crippen LogP contribution in [0.2, 0.25) is 0 Å². The van der Waals surface area contributed by atoms with E-state index in [9.17, 15) is 0 Å². The van der Waals surface area contributed by atoms with Gasteiger partial charge in [0.15, 0.2) is 0 Å². The van der Waals surface area contributed by atoms with Gasteiger partial charge in [-0.05, 0) is 50.4 Å². The highest BCUT2D eigenvalue weighted by atomic mass is 15.1. The SMILES string of the molecule is CNCc1nc(C)c(-c2ccc3c(c2)CCC3)n1C. The predicted octanol–water partition coefficient (Wildman–Crippen LogP) is 2.60. The van der Waals surface area contributed by atoms with Crippen molar-refractivity contribution in [3.8, 4) is 11.3 Å². The van der Waals surface area contributed by atoms with Crippen LogP contribution in [0.5, 0.6) is 0 Å². The Hall–Kier alpha value is -1.61. The number of aryl methyl sites for hydroxylation is 3. The molecular formula is C16H21N3. The van der Waals surface area contributed by atoms with E-state index < -0.39 is 0 Å². The molecule has 0 saturated heterocycles. The van der Waals surface area contributed by atoms with E-state index in [1.807, 2.05) is 7.05 Å². The van der Waals surface area contributed by atoms with E-state index in [-0.39, 0.29) is 0 Å². The van der Waals surface area contributed by atoms with Gasteiger partial charge in [-0.15, -0.1) is 0 Å². The van der Waals surface area contributed by atoms with E-state index in [1.54, 1.807) is 0 Å². The van der Waals surface area contributed by atoms with E-state index in [4.69, 9.17) is 0 Å². The van der Waals surface area contributed by atoms with E-state index in [0.717, 1.165) is 18.1 Å². The highest BCUT2D eigenvalue weighted by Gasteiger charge is 2.16. The predicted molar refractivity (Wildman–Crippen MR) is 78.2 cm³/mol. The van der Waals surface area contributed by atoms with Gasteiger partial charge in [0.1, 0.15) is 5.82 Å². The van der Waals surface area contributed by atoms with E-state index >= 15 is 0 Å². The quantitative estimate of drug-likeness (QED) is 0.913. The monoisotopic (exact) mass is 255 g/mol. The summed E-state index contributed by atoms with van der Waals surface area (Å²) in [6.07, 6.45) is 3.77. The van der Waals surface area contributed by atoms with Crippen LogP contribution in [0.3, 0.4) is 0 Å². The lowest BCUT2D eigenvalue weighted by atomic mass is 10.0. The van der Waals surface area contributed by atoms with Crippen molar-refractivity contribution in [2.24, 2.45) is 7.05 Å². The van der Waals surface area contributed by atoms with Crippen LogP contribution in [0, 0.1) is 6.92 Å². The van der Waals surface area contributed by atoms with Crippen molar-refractivity contribution in [2.45, 2.75) is 32.7 Å². The molecule has 1 aromatic heterocycles. The van der Waals surface area contributed by atoms with E-state index in [1.165, 1.54) is 41.6 Å². The molecule has 1 aliphatic rings. The van der Waals surface area contributed by atoms with Crippen LogP contribution in [-0.2, 0) is 26.4 Å². The minimum atomic E-state index is 0.808. The Balaban J connectivity index is 2.07. The molecule has 1 aromatic carbocycles. The second-order valence-electron chi connectivity index (χ2n) is 5.39. The van der Waals surface area contributed by atoms with Crippen molar-refractivity contribution in [2.75, 3.05) is 7.05 Å². The second-order valence-corrected chi connectivity index (χ2v) is 5.39. The van der Waals surface area contributed by atoms with Gasteiger partial charge >= 0.3 is 0 Å². The molecule has 1 heterocycles. The summed E-state index contributed by atoms with van der Waals surface area (Å²) >= 11 is 0. The molecule has 0 unspecified atom stereocenters. The lowest BCUT2D eigenvalue weighted by molar-refractivity contribution is 0.712. The average molecular weight is 255 g/mol. The minimum Gasteiger partial charge on any atom is -0.330 e. The first kappa shape index (κ1) is 12.4. The Bertz CT molecular complexity index is 611. The van der Waals surface area contributed by atoms with Gasteiger partial charge in [0.05, 0.1) is 17.9 Å². The Labute approximate surface area is 114 Å². The molecule has 1 N–H and O–H groups in total. The summed E-state index contributed by atoms with van der Waals surface area (Å²) in [5.74, 6) is 1.09. The van der Waals surface area contributed by atoms with Crippen LogP contribution in [0.15, 0.2) is 18.2 Å². The molecule has 0 amide bonds. The second kappa shape index (κ2) is 4.82. The number of rotatable bonds is 3. The third kappa shape index (κ3) is 2.08. The Morgan fingerprint density at radius 3 is 2.84 bits per heavy atom. The first-order chi connectivity index (χ1) is 9.20. The molecule has 19 heavy (non-hydrogen) atoms. The fourth-order valence-corrected chi connectivity index (χ4v) is 3.13. The van der Waals surface area contributed by atoms with Gasteiger partial charge < -0.3 is 9.88 Å². The average Bonchev–Trinajstić information content (AvgIpc) is 2.95. The van der Waals surface area contributed by atoms with Crippen LogP contribution in [-0.4, -0.2) is 16.6 Å². The first-order valence-electron chi connectivity index (χ1n) is 6.99. The molecule has 0 fully saturated rings. The fraction of sp³-hybridized carbons (Fsp3) is 0.438. The molecule has 2 aromatic rings. The fourth-order valence-electron chi connectivity index (χ4n) is 3.13. The molecule has 0 radical (unpaired) electrons. The molecule has 0 bridgehead atoms. The topological polar surface area (TPSA) is 29.9 Å². The van der Waals surface area contributed by atoms with Gasteiger partial charge in [0, 0.05) is 12.6 Å². The maximum absolute atomic E-state index is 4.67. The Kier molecular flexibility index (Phi) is 3.15. The van der Waals surface area contributed by atoms with Crippen LogP contribution < -0.4 is 5.32 Å². The summed E-state index contributed by atoms with van der Waals surface area (Å²) in [6.45, 7) is 2.91. The standard InChI is InChI=1S/C16H21N3/c1-11-16(19(3)15(18-11)10-17-2)14-8-7-12-5-4-6-13(12)9-14/h7-9,17H,4-6,10H2,1-3H3. The lowest BCUT2D eigenvalue weighted by Crippen LogP contribution is -2.10.